The van der Waals surface area contributed by atoms with E-state index in [2.05, 4.69) is 15.3 Å². The highest BCUT2D eigenvalue weighted by Gasteiger charge is 2.58. The average molecular weight is 489 g/mol. The quantitative estimate of drug-likeness (QED) is 0.527. The average Bonchev–Trinajstić information content (AvgIpc) is 3.74. The fourth-order valence-corrected chi connectivity index (χ4v) is 4.90. The van der Waals surface area contributed by atoms with Gasteiger partial charge < -0.3 is 24.4 Å². The number of carbonyl (C=O) groups is 1. The summed E-state index contributed by atoms with van der Waals surface area (Å²) in [6.45, 7) is 3.81. The summed E-state index contributed by atoms with van der Waals surface area (Å²) in [5, 5.41) is 2.98. The van der Waals surface area contributed by atoms with Crippen molar-refractivity contribution in [3.63, 3.8) is 0 Å². The van der Waals surface area contributed by atoms with Gasteiger partial charge in [0.15, 0.2) is 5.82 Å². The number of methoxy groups -OCH3 is 1. The third-order valence-electron chi connectivity index (χ3n) is 7.13. The van der Waals surface area contributed by atoms with Crippen molar-refractivity contribution < 1.29 is 23.4 Å². The van der Waals surface area contributed by atoms with Gasteiger partial charge in [0.05, 0.1) is 19.4 Å². The number of amides is 1. The Morgan fingerprint density at radius 1 is 1.32 bits per heavy atom. The van der Waals surface area contributed by atoms with Crippen molar-refractivity contribution in [2.45, 2.75) is 43.1 Å². The Labute approximate surface area is 202 Å². The number of halogens is 1. The van der Waals surface area contributed by atoms with E-state index in [0.29, 0.717) is 48.7 Å². The van der Waals surface area contributed by atoms with Crippen LogP contribution in [0.3, 0.4) is 0 Å². The van der Waals surface area contributed by atoms with Crippen molar-refractivity contribution in [3.8, 4) is 11.6 Å². The molecule has 10 heteroatoms. The highest BCUT2D eigenvalue weighted by molar-refractivity contribution is 7.98. The number of hydrogen-bond donors (Lipinski definition) is 1. The highest BCUT2D eigenvalue weighted by Crippen LogP contribution is 2.58. The van der Waals surface area contributed by atoms with E-state index in [1.807, 2.05) is 24.1 Å². The maximum atomic E-state index is 14.5. The molecule has 3 fully saturated rings. The number of aromatic nitrogens is 2. The molecule has 8 nitrogen and oxygen atoms in total. The van der Waals surface area contributed by atoms with Gasteiger partial charge in [0.1, 0.15) is 17.7 Å². The number of fused-ring (bicyclic) bond motifs is 1. The first-order chi connectivity index (χ1) is 16.3. The largest absolute Gasteiger partial charge is 0.489 e. The third-order valence-corrected chi connectivity index (χ3v) is 7.85. The summed E-state index contributed by atoms with van der Waals surface area (Å²) < 4.78 is 31.7. The van der Waals surface area contributed by atoms with Crippen LogP contribution in [0.2, 0.25) is 0 Å². The van der Waals surface area contributed by atoms with E-state index < -0.39 is 0 Å². The molecule has 1 amide bonds. The number of thioether (sulfide) groups is 1. The van der Waals surface area contributed by atoms with E-state index in [0.717, 1.165) is 30.6 Å². The molecule has 5 rings (SSSR count). The van der Waals surface area contributed by atoms with Crippen LogP contribution in [-0.4, -0.2) is 59.6 Å². The van der Waals surface area contributed by atoms with Gasteiger partial charge in [-0.15, -0.1) is 11.8 Å². The molecule has 0 spiro atoms. The molecule has 2 heterocycles. The van der Waals surface area contributed by atoms with Crippen molar-refractivity contribution in [3.05, 3.63) is 30.3 Å². The van der Waals surface area contributed by atoms with Gasteiger partial charge in [-0.25, -0.2) is 14.2 Å². The zero-order chi connectivity index (χ0) is 23.9. The molecule has 34 heavy (non-hydrogen) atoms. The second-order valence-electron chi connectivity index (χ2n) is 9.60. The molecule has 1 saturated heterocycles. The lowest BCUT2D eigenvalue weighted by molar-refractivity contribution is 0.0438. The van der Waals surface area contributed by atoms with Crippen LogP contribution in [0.4, 0.5) is 20.7 Å². The molecule has 182 valence electrons. The van der Waals surface area contributed by atoms with Crippen molar-refractivity contribution in [2.75, 3.05) is 38.4 Å². The molecule has 1 aromatic carbocycles. The zero-order valence-corrected chi connectivity index (χ0v) is 20.4. The maximum absolute atomic E-state index is 14.5. The molecule has 0 bridgehead atoms. The molecule has 2 atom stereocenters. The van der Waals surface area contributed by atoms with Gasteiger partial charge in [-0.1, -0.05) is 0 Å². The van der Waals surface area contributed by atoms with Gasteiger partial charge in [-0.2, -0.15) is 4.98 Å². The van der Waals surface area contributed by atoms with Crippen LogP contribution >= 0.6 is 11.8 Å². The minimum absolute atomic E-state index is 0.0313. The molecule has 1 aliphatic heterocycles. The van der Waals surface area contributed by atoms with Crippen molar-refractivity contribution in [1.82, 2.24) is 14.9 Å². The molecule has 2 saturated carbocycles. The maximum Gasteiger partial charge on any atom is 0.410 e. The third kappa shape index (κ3) is 4.60. The Morgan fingerprint density at radius 2 is 2.15 bits per heavy atom. The van der Waals surface area contributed by atoms with Crippen molar-refractivity contribution in [2.24, 2.45) is 11.3 Å². The van der Waals surface area contributed by atoms with Crippen LogP contribution in [0.1, 0.15) is 32.6 Å². The first-order valence-corrected chi connectivity index (χ1v) is 12.7. The molecule has 2 aromatic rings. The summed E-state index contributed by atoms with van der Waals surface area (Å²) in [6, 6.07) is 4.97. The molecule has 2 unspecified atom stereocenters. The van der Waals surface area contributed by atoms with E-state index in [1.54, 1.807) is 6.07 Å². The van der Waals surface area contributed by atoms with Crippen molar-refractivity contribution in [1.29, 1.82) is 0 Å². The molecule has 0 radical (unpaired) electrons. The smallest absolute Gasteiger partial charge is 0.410 e. The van der Waals surface area contributed by atoms with Crippen LogP contribution in [0.5, 0.6) is 11.6 Å². The van der Waals surface area contributed by atoms with Crippen LogP contribution in [0, 0.1) is 17.2 Å². The number of nitrogens with zero attached hydrogens (tertiary/aromatic N) is 3. The number of benzene rings is 1. The van der Waals surface area contributed by atoms with Crippen LogP contribution in [-0.2, 0) is 4.74 Å². The monoisotopic (exact) mass is 488 g/mol. The molecular formula is C24H29FN4O4S. The minimum atomic E-state index is -0.379. The summed E-state index contributed by atoms with van der Waals surface area (Å²) in [4.78, 5) is 23.6. The Hall–Kier alpha value is -2.75. The SMILES string of the molecule is COc1c(Nc2ccc(SC)cc2F)ncnc1OCC12CCN(C(=O)OC3(C)CC3)CC1C2. The molecule has 1 N–H and O–H groups in total. The highest BCUT2D eigenvalue weighted by atomic mass is 32.2. The van der Waals surface area contributed by atoms with E-state index in [1.165, 1.54) is 31.3 Å². The fourth-order valence-electron chi connectivity index (χ4n) is 4.48. The summed E-state index contributed by atoms with van der Waals surface area (Å²) in [5.41, 5.74) is 0.0674. The lowest BCUT2D eigenvalue weighted by atomic mass is 9.96. The fraction of sp³-hybridized carbons (Fsp3) is 0.542. The first kappa shape index (κ1) is 23.0. The summed E-state index contributed by atoms with van der Waals surface area (Å²) in [5.74, 6) is 0.970. The molecule has 2 aliphatic carbocycles. The van der Waals surface area contributed by atoms with E-state index >= 15 is 0 Å². The second kappa shape index (κ2) is 8.79. The number of piperidine rings is 1. The van der Waals surface area contributed by atoms with E-state index in [9.17, 15) is 9.18 Å². The Bertz CT molecular complexity index is 1100. The zero-order valence-electron chi connectivity index (χ0n) is 19.6. The van der Waals surface area contributed by atoms with Crippen LogP contribution in [0.15, 0.2) is 29.4 Å². The predicted octanol–water partition coefficient (Wildman–Crippen LogP) is 4.87. The Morgan fingerprint density at radius 3 is 2.82 bits per heavy atom. The summed E-state index contributed by atoms with van der Waals surface area (Å²) in [6.07, 6.45) is 6.81. The van der Waals surface area contributed by atoms with Gasteiger partial charge in [0.25, 0.3) is 5.88 Å². The van der Waals surface area contributed by atoms with Crippen molar-refractivity contribution >= 4 is 29.4 Å². The second-order valence-corrected chi connectivity index (χ2v) is 10.5. The molecular weight excluding hydrogens is 459 g/mol. The van der Waals surface area contributed by atoms with Crippen LogP contribution < -0.4 is 14.8 Å². The number of likely N-dealkylation sites (tertiary alicyclic amines) is 1. The number of anilines is 2. The van der Waals surface area contributed by atoms with Gasteiger partial charge in [0, 0.05) is 23.4 Å². The molecule has 3 aliphatic rings. The number of ether oxygens (including phenoxy) is 3. The van der Waals surface area contributed by atoms with E-state index in [-0.39, 0.29) is 22.9 Å². The Balaban J connectivity index is 1.22. The number of rotatable bonds is 8. The topological polar surface area (TPSA) is 85.8 Å². The Kier molecular flexibility index (Phi) is 5.95. The van der Waals surface area contributed by atoms with Gasteiger partial charge >= 0.3 is 6.09 Å². The minimum Gasteiger partial charge on any atom is -0.489 e. The first-order valence-electron chi connectivity index (χ1n) is 11.4. The predicted molar refractivity (Wildman–Crippen MR) is 126 cm³/mol. The molecule has 1 aromatic heterocycles. The van der Waals surface area contributed by atoms with E-state index in [4.69, 9.17) is 14.2 Å². The van der Waals surface area contributed by atoms with Gasteiger partial charge in [-0.05, 0) is 63.0 Å². The summed E-state index contributed by atoms with van der Waals surface area (Å²) >= 11 is 1.47. The summed E-state index contributed by atoms with van der Waals surface area (Å²) in [7, 11) is 1.51. The lowest BCUT2D eigenvalue weighted by Crippen LogP contribution is -2.42. The van der Waals surface area contributed by atoms with Gasteiger partial charge in [-0.3, -0.25) is 0 Å². The number of hydrogen-bond acceptors (Lipinski definition) is 8. The number of carbonyl (C=O) groups excluding carboxylic acids is 1. The standard InChI is InChI=1S/C24H29FN4O4S/c1-23(6-7-23)33-22(30)29-9-8-24(11-15(24)12-29)13-32-21-19(31-2)20(26-14-27-21)28-18-5-4-16(34-3)10-17(18)25/h4-5,10,14-15H,6-9,11-13H2,1-3H3,(H,26,27,28). The van der Waals surface area contributed by atoms with Crippen LogP contribution in [0.25, 0.3) is 0 Å². The normalized spacial score (nSPS) is 24.1. The lowest BCUT2D eigenvalue weighted by Gasteiger charge is -2.31. The number of nitrogens with one attached hydrogen (secondary N) is 1. The van der Waals surface area contributed by atoms with Gasteiger partial charge in [0.2, 0.25) is 5.75 Å².